The fraction of sp³-hybridized carbons (Fsp3) is 0.111. The fourth-order valence-corrected chi connectivity index (χ4v) is 3.07. The van der Waals surface area contributed by atoms with E-state index in [1.54, 1.807) is 36.4 Å². The first kappa shape index (κ1) is 16.9. The van der Waals surface area contributed by atoms with Gasteiger partial charge in [-0.3, -0.25) is 10.1 Å². The van der Waals surface area contributed by atoms with Crippen LogP contribution < -0.4 is 14.8 Å². The van der Waals surface area contributed by atoms with Crippen LogP contribution in [0.25, 0.3) is 16.9 Å². The van der Waals surface area contributed by atoms with Gasteiger partial charge in [-0.25, -0.2) is 9.97 Å². The van der Waals surface area contributed by atoms with E-state index in [0.29, 0.717) is 41.4 Å². The molecule has 0 bridgehead atoms. The number of aromatic nitrogens is 5. The van der Waals surface area contributed by atoms with Crippen molar-refractivity contribution in [2.75, 3.05) is 18.5 Å². The molecular formula is C18H13N7O4. The minimum absolute atomic E-state index is 0.0127. The monoisotopic (exact) mass is 391 g/mol. The molecule has 0 fully saturated rings. The van der Waals surface area contributed by atoms with E-state index in [9.17, 15) is 10.1 Å². The highest BCUT2D eigenvalue weighted by molar-refractivity contribution is 5.78. The first-order valence-corrected chi connectivity index (χ1v) is 8.67. The number of hydrogen-bond donors (Lipinski definition) is 1. The molecular weight excluding hydrogens is 378 g/mol. The summed E-state index contributed by atoms with van der Waals surface area (Å²) in [4.78, 5) is 19.5. The number of nitro groups is 1. The van der Waals surface area contributed by atoms with Gasteiger partial charge >= 0.3 is 5.69 Å². The Kier molecular flexibility index (Phi) is 3.90. The molecule has 144 valence electrons. The van der Waals surface area contributed by atoms with Crippen LogP contribution in [0.1, 0.15) is 0 Å². The van der Waals surface area contributed by atoms with E-state index >= 15 is 0 Å². The largest absolute Gasteiger partial charge is 0.486 e. The summed E-state index contributed by atoms with van der Waals surface area (Å²) in [7, 11) is 0. The van der Waals surface area contributed by atoms with Crippen LogP contribution in [0, 0.1) is 10.1 Å². The molecule has 1 aliphatic heterocycles. The van der Waals surface area contributed by atoms with E-state index in [1.807, 2.05) is 6.07 Å². The molecule has 0 aliphatic carbocycles. The zero-order valence-corrected chi connectivity index (χ0v) is 14.8. The van der Waals surface area contributed by atoms with E-state index in [0.717, 1.165) is 0 Å². The van der Waals surface area contributed by atoms with Gasteiger partial charge in [0.15, 0.2) is 11.5 Å². The minimum Gasteiger partial charge on any atom is -0.486 e. The standard InChI is InChI=1S/C18H13N7O4/c26-25(27)16-17(21-11-5-6-14-15(9-11)29-8-7-28-14)19-10-20-18(16)24-13-4-2-1-3-12(13)22-23-24/h1-6,9-10H,7-8H2,(H,19,20,21). The summed E-state index contributed by atoms with van der Waals surface area (Å²) in [5.74, 6) is 1.21. The lowest BCUT2D eigenvalue weighted by atomic mass is 10.2. The Morgan fingerprint density at radius 2 is 1.90 bits per heavy atom. The van der Waals surface area contributed by atoms with Crippen LogP contribution in [0.15, 0.2) is 48.8 Å². The molecule has 0 atom stereocenters. The van der Waals surface area contributed by atoms with Gasteiger partial charge in [0.25, 0.3) is 0 Å². The molecule has 0 radical (unpaired) electrons. The van der Waals surface area contributed by atoms with Gasteiger partial charge in [0.1, 0.15) is 25.1 Å². The first-order chi connectivity index (χ1) is 14.2. The summed E-state index contributed by atoms with van der Waals surface area (Å²) in [5, 5.41) is 22.9. The van der Waals surface area contributed by atoms with Crippen molar-refractivity contribution in [3.8, 4) is 17.3 Å². The molecule has 2 aromatic carbocycles. The minimum atomic E-state index is -0.549. The fourth-order valence-electron chi connectivity index (χ4n) is 3.07. The highest BCUT2D eigenvalue weighted by Crippen LogP contribution is 2.36. The lowest BCUT2D eigenvalue weighted by Gasteiger charge is -2.19. The lowest BCUT2D eigenvalue weighted by Crippen LogP contribution is -2.15. The molecule has 4 aromatic rings. The average Bonchev–Trinajstić information content (AvgIpc) is 3.17. The van der Waals surface area contributed by atoms with Gasteiger partial charge < -0.3 is 14.8 Å². The second-order valence-corrected chi connectivity index (χ2v) is 6.12. The average molecular weight is 391 g/mol. The summed E-state index contributed by atoms with van der Waals surface area (Å²) in [6.45, 7) is 0.917. The molecule has 2 aromatic heterocycles. The van der Waals surface area contributed by atoms with Crippen molar-refractivity contribution in [1.82, 2.24) is 25.0 Å². The topological polar surface area (TPSA) is 130 Å². The Hall–Kier alpha value is -4.28. The van der Waals surface area contributed by atoms with Crippen LogP contribution in [0.2, 0.25) is 0 Å². The molecule has 5 rings (SSSR count). The van der Waals surface area contributed by atoms with Gasteiger partial charge in [-0.15, -0.1) is 5.10 Å². The van der Waals surface area contributed by atoms with Crippen LogP contribution in [0.4, 0.5) is 17.2 Å². The second-order valence-electron chi connectivity index (χ2n) is 6.12. The Balaban J connectivity index is 1.59. The predicted molar refractivity (Wildman–Crippen MR) is 102 cm³/mol. The van der Waals surface area contributed by atoms with Crippen molar-refractivity contribution in [1.29, 1.82) is 0 Å². The van der Waals surface area contributed by atoms with E-state index < -0.39 is 4.92 Å². The first-order valence-electron chi connectivity index (χ1n) is 8.67. The van der Waals surface area contributed by atoms with Crippen LogP contribution in [-0.4, -0.2) is 43.1 Å². The van der Waals surface area contributed by atoms with Gasteiger partial charge in [0, 0.05) is 11.8 Å². The second kappa shape index (κ2) is 6.71. The molecule has 0 amide bonds. The zero-order valence-electron chi connectivity index (χ0n) is 14.8. The van der Waals surface area contributed by atoms with Crippen molar-refractivity contribution in [2.45, 2.75) is 0 Å². The molecule has 0 spiro atoms. The van der Waals surface area contributed by atoms with E-state index in [4.69, 9.17) is 9.47 Å². The smallest absolute Gasteiger partial charge is 0.356 e. The van der Waals surface area contributed by atoms with Gasteiger partial charge in [-0.1, -0.05) is 17.3 Å². The SMILES string of the molecule is O=[N+]([O-])c1c(Nc2ccc3c(c2)OCCO3)ncnc1-n1nnc2ccccc21. The lowest BCUT2D eigenvalue weighted by molar-refractivity contribution is -0.384. The van der Waals surface area contributed by atoms with Gasteiger partial charge in [-0.05, 0) is 24.3 Å². The molecule has 11 nitrogen and oxygen atoms in total. The van der Waals surface area contributed by atoms with Crippen LogP contribution in [0.3, 0.4) is 0 Å². The number of anilines is 2. The molecule has 0 unspecified atom stereocenters. The molecule has 0 saturated heterocycles. The summed E-state index contributed by atoms with van der Waals surface area (Å²) in [5.41, 5.74) is 1.44. The number of fused-ring (bicyclic) bond motifs is 2. The van der Waals surface area contributed by atoms with Gasteiger partial charge in [0.05, 0.1) is 10.4 Å². The maximum atomic E-state index is 11.9. The number of para-hydroxylation sites is 1. The van der Waals surface area contributed by atoms with Crippen molar-refractivity contribution >= 4 is 28.2 Å². The van der Waals surface area contributed by atoms with E-state index in [2.05, 4.69) is 25.6 Å². The third kappa shape index (κ3) is 2.94. The van der Waals surface area contributed by atoms with Gasteiger partial charge in [0.2, 0.25) is 11.6 Å². The Morgan fingerprint density at radius 1 is 1.07 bits per heavy atom. The summed E-state index contributed by atoms with van der Waals surface area (Å²) in [6, 6.07) is 12.3. The van der Waals surface area contributed by atoms with E-state index in [-0.39, 0.29) is 17.3 Å². The molecule has 1 N–H and O–H groups in total. The quantitative estimate of drug-likeness (QED) is 0.412. The number of rotatable bonds is 4. The third-order valence-electron chi connectivity index (χ3n) is 4.34. The number of hydrogen-bond acceptors (Lipinski definition) is 9. The molecule has 1 aliphatic rings. The molecule has 0 saturated carbocycles. The van der Waals surface area contributed by atoms with Crippen LogP contribution in [0.5, 0.6) is 11.5 Å². The highest BCUT2D eigenvalue weighted by atomic mass is 16.6. The Morgan fingerprint density at radius 3 is 2.76 bits per heavy atom. The van der Waals surface area contributed by atoms with Crippen molar-refractivity contribution in [2.24, 2.45) is 0 Å². The molecule has 3 heterocycles. The van der Waals surface area contributed by atoms with Gasteiger partial charge in [-0.2, -0.15) is 4.68 Å². The van der Waals surface area contributed by atoms with Crippen molar-refractivity contribution in [3.63, 3.8) is 0 Å². The zero-order chi connectivity index (χ0) is 19.8. The Bertz CT molecular complexity index is 1240. The van der Waals surface area contributed by atoms with E-state index in [1.165, 1.54) is 11.0 Å². The van der Waals surface area contributed by atoms with Crippen molar-refractivity contribution in [3.05, 3.63) is 58.9 Å². The molecule has 11 heteroatoms. The number of nitrogens with zero attached hydrogens (tertiary/aromatic N) is 6. The Labute approximate surface area is 163 Å². The van der Waals surface area contributed by atoms with Crippen LogP contribution >= 0.6 is 0 Å². The maximum Gasteiger partial charge on any atom is 0.356 e. The number of benzene rings is 2. The predicted octanol–water partition coefficient (Wildman–Crippen LogP) is 2.63. The number of nitrogens with one attached hydrogen (secondary N) is 1. The molecule has 29 heavy (non-hydrogen) atoms. The normalized spacial score (nSPS) is 12.7. The highest BCUT2D eigenvalue weighted by Gasteiger charge is 2.26. The summed E-state index contributed by atoms with van der Waals surface area (Å²) >= 11 is 0. The van der Waals surface area contributed by atoms with Crippen molar-refractivity contribution < 1.29 is 14.4 Å². The maximum absolute atomic E-state index is 11.9. The number of ether oxygens (including phenoxy) is 2. The summed E-state index contributed by atoms with van der Waals surface area (Å²) < 4.78 is 12.4. The summed E-state index contributed by atoms with van der Waals surface area (Å²) in [6.07, 6.45) is 1.24. The van der Waals surface area contributed by atoms with Crippen LogP contribution in [-0.2, 0) is 0 Å². The third-order valence-corrected chi connectivity index (χ3v) is 4.34.